The van der Waals surface area contributed by atoms with Gasteiger partial charge >= 0.3 is 0 Å². The highest BCUT2D eigenvalue weighted by Gasteiger charge is 2.22. The van der Waals surface area contributed by atoms with Crippen LogP contribution in [-0.4, -0.2) is 36.1 Å². The number of thioether (sulfide) groups is 1. The van der Waals surface area contributed by atoms with E-state index in [2.05, 4.69) is 10.4 Å². The summed E-state index contributed by atoms with van der Waals surface area (Å²) in [7, 11) is -1.33. The first-order valence-corrected chi connectivity index (χ1v) is 8.68. The monoisotopic (exact) mass is 289 g/mol. The van der Waals surface area contributed by atoms with Crippen LogP contribution in [0.25, 0.3) is 0 Å². The van der Waals surface area contributed by atoms with Crippen LogP contribution in [-0.2, 0) is 33.2 Å². The van der Waals surface area contributed by atoms with Gasteiger partial charge in [0.25, 0.3) is 0 Å². The first kappa shape index (κ1) is 13.4. The number of nitrogens with one attached hydrogen (secondary N) is 1. The normalized spacial score (nSPS) is 14.6. The number of carbonyl (C=O) groups is 1. The molecule has 0 atom stereocenters. The van der Waals surface area contributed by atoms with Crippen LogP contribution >= 0.6 is 11.8 Å². The van der Waals surface area contributed by atoms with Crippen LogP contribution in [0.5, 0.6) is 0 Å². The molecule has 0 spiro atoms. The predicted octanol–water partition coefficient (Wildman–Crippen LogP) is 0.540. The second-order valence-electron chi connectivity index (χ2n) is 4.32. The van der Waals surface area contributed by atoms with Crippen molar-refractivity contribution in [1.29, 1.82) is 0 Å². The van der Waals surface area contributed by atoms with Crippen LogP contribution in [0.15, 0.2) is 0 Å². The fraction of sp³-hybridized carbons (Fsp3) is 0.600. The smallest absolute Gasteiger partial charge is 0.226 e. The second kappa shape index (κ2) is 4.93. The van der Waals surface area contributed by atoms with Crippen molar-refractivity contribution in [2.24, 2.45) is 7.05 Å². The summed E-state index contributed by atoms with van der Waals surface area (Å²) in [5, 5.41) is 7.06. The highest BCUT2D eigenvalue weighted by atomic mass is 32.2. The van der Waals surface area contributed by atoms with Gasteiger partial charge in [-0.15, -0.1) is 0 Å². The standard InChI is InChI=1S/C10H15N3O3S2/c1-13-10(7-5-17-6-8(7)12-13)11-9(14)3-4-18(2,15)16/h3-6H2,1-2H3,(H,11,14). The minimum absolute atomic E-state index is 0.0219. The number of fused-ring (bicyclic) bond motifs is 1. The van der Waals surface area contributed by atoms with Gasteiger partial charge in [0.2, 0.25) is 5.91 Å². The van der Waals surface area contributed by atoms with Crippen LogP contribution in [0.3, 0.4) is 0 Å². The first-order valence-electron chi connectivity index (χ1n) is 5.47. The zero-order valence-corrected chi connectivity index (χ0v) is 11.9. The van der Waals surface area contributed by atoms with Gasteiger partial charge in [0, 0.05) is 36.8 Å². The van der Waals surface area contributed by atoms with Crippen molar-refractivity contribution in [2.75, 3.05) is 17.3 Å². The van der Waals surface area contributed by atoms with Crippen molar-refractivity contribution in [3.63, 3.8) is 0 Å². The van der Waals surface area contributed by atoms with E-state index in [4.69, 9.17) is 0 Å². The molecule has 1 aliphatic heterocycles. The third-order valence-corrected chi connectivity index (χ3v) is 4.59. The Labute approximate surface area is 110 Å². The van der Waals surface area contributed by atoms with Crippen molar-refractivity contribution < 1.29 is 13.2 Å². The Balaban J connectivity index is 2.04. The molecular weight excluding hydrogens is 274 g/mol. The average Bonchev–Trinajstić information content (AvgIpc) is 2.79. The minimum atomic E-state index is -3.11. The summed E-state index contributed by atoms with van der Waals surface area (Å²) in [6.07, 6.45) is 1.10. The molecule has 100 valence electrons. The summed E-state index contributed by atoms with van der Waals surface area (Å²) < 4.78 is 23.6. The number of hydrogen-bond donors (Lipinski definition) is 1. The van der Waals surface area contributed by atoms with Gasteiger partial charge in [-0.2, -0.15) is 16.9 Å². The molecule has 0 fully saturated rings. The topological polar surface area (TPSA) is 81.1 Å². The van der Waals surface area contributed by atoms with E-state index in [1.165, 1.54) is 0 Å². The number of amides is 1. The maximum absolute atomic E-state index is 11.7. The van der Waals surface area contributed by atoms with E-state index in [-0.39, 0.29) is 18.1 Å². The van der Waals surface area contributed by atoms with Gasteiger partial charge in [-0.1, -0.05) is 0 Å². The predicted molar refractivity (Wildman–Crippen MR) is 71.2 cm³/mol. The van der Waals surface area contributed by atoms with Gasteiger partial charge in [-0.05, 0) is 0 Å². The van der Waals surface area contributed by atoms with Crippen LogP contribution in [0.4, 0.5) is 5.82 Å². The van der Waals surface area contributed by atoms with Crippen molar-refractivity contribution in [2.45, 2.75) is 17.9 Å². The largest absolute Gasteiger partial charge is 0.311 e. The van der Waals surface area contributed by atoms with Gasteiger partial charge in [0.15, 0.2) is 0 Å². The number of rotatable bonds is 4. The molecule has 0 saturated heterocycles. The third-order valence-electron chi connectivity index (χ3n) is 2.67. The highest BCUT2D eigenvalue weighted by Crippen LogP contribution is 2.34. The Morgan fingerprint density at radius 3 is 2.89 bits per heavy atom. The number of aryl methyl sites for hydroxylation is 1. The molecule has 18 heavy (non-hydrogen) atoms. The lowest BCUT2D eigenvalue weighted by Crippen LogP contribution is -2.18. The zero-order valence-electron chi connectivity index (χ0n) is 10.3. The Hall–Kier alpha value is -1.02. The molecular formula is C10H15N3O3S2. The van der Waals surface area contributed by atoms with Crippen molar-refractivity contribution in [1.82, 2.24) is 9.78 Å². The van der Waals surface area contributed by atoms with E-state index >= 15 is 0 Å². The van der Waals surface area contributed by atoms with E-state index in [1.54, 1.807) is 23.5 Å². The van der Waals surface area contributed by atoms with Crippen LogP contribution in [0.1, 0.15) is 17.7 Å². The molecule has 8 heteroatoms. The Bertz CT molecular complexity index is 577. The number of carbonyl (C=O) groups excluding carboxylic acids is 1. The second-order valence-corrected chi connectivity index (χ2v) is 7.56. The Kier molecular flexibility index (Phi) is 3.67. The molecule has 1 aliphatic rings. The number of sulfone groups is 1. The van der Waals surface area contributed by atoms with Crippen LogP contribution < -0.4 is 5.32 Å². The first-order chi connectivity index (χ1) is 8.37. The average molecular weight is 289 g/mol. The molecule has 1 N–H and O–H groups in total. The van der Waals surface area contributed by atoms with Crippen LogP contribution in [0.2, 0.25) is 0 Å². The lowest BCUT2D eigenvalue weighted by molar-refractivity contribution is -0.115. The minimum Gasteiger partial charge on any atom is -0.311 e. The fourth-order valence-electron chi connectivity index (χ4n) is 1.77. The van der Waals surface area contributed by atoms with Crippen molar-refractivity contribution in [3.8, 4) is 0 Å². The molecule has 0 radical (unpaired) electrons. The molecule has 1 aromatic rings. The summed E-state index contributed by atoms with van der Waals surface area (Å²) in [4.78, 5) is 11.7. The summed E-state index contributed by atoms with van der Waals surface area (Å²) in [5.41, 5.74) is 2.05. The number of nitrogens with zero attached hydrogens (tertiary/aromatic N) is 2. The lowest BCUT2D eigenvalue weighted by atomic mass is 10.3. The van der Waals surface area contributed by atoms with E-state index in [1.807, 2.05) is 0 Å². The van der Waals surface area contributed by atoms with Gasteiger partial charge in [-0.25, -0.2) is 8.42 Å². The Morgan fingerprint density at radius 2 is 2.22 bits per heavy atom. The third kappa shape index (κ3) is 3.05. The van der Waals surface area contributed by atoms with Crippen LogP contribution in [0, 0.1) is 0 Å². The van der Waals surface area contributed by atoms with E-state index in [0.717, 1.165) is 29.0 Å². The number of aromatic nitrogens is 2. The quantitative estimate of drug-likeness (QED) is 0.875. The molecule has 1 aromatic heterocycles. The molecule has 0 bridgehead atoms. The molecule has 2 heterocycles. The summed E-state index contributed by atoms with van der Waals surface area (Å²) >= 11 is 1.75. The van der Waals surface area contributed by atoms with Gasteiger partial charge in [0.1, 0.15) is 15.7 Å². The van der Waals surface area contributed by atoms with Crippen molar-refractivity contribution >= 4 is 33.3 Å². The van der Waals surface area contributed by atoms with Crippen molar-refractivity contribution in [3.05, 3.63) is 11.3 Å². The van der Waals surface area contributed by atoms with E-state index < -0.39 is 9.84 Å². The molecule has 1 amide bonds. The Morgan fingerprint density at radius 1 is 1.50 bits per heavy atom. The van der Waals surface area contributed by atoms with Gasteiger partial charge < -0.3 is 5.32 Å². The summed E-state index contributed by atoms with van der Waals surface area (Å²) in [6.45, 7) is 0. The van der Waals surface area contributed by atoms with E-state index in [9.17, 15) is 13.2 Å². The molecule has 2 rings (SSSR count). The number of anilines is 1. The maximum atomic E-state index is 11.7. The molecule has 0 aliphatic carbocycles. The summed E-state index contributed by atoms with van der Waals surface area (Å²) in [6, 6.07) is 0. The summed E-state index contributed by atoms with van der Waals surface area (Å²) in [5.74, 6) is 1.97. The molecule has 0 saturated carbocycles. The molecule has 0 aromatic carbocycles. The van der Waals surface area contributed by atoms with E-state index in [0.29, 0.717) is 5.82 Å². The zero-order chi connectivity index (χ0) is 13.3. The maximum Gasteiger partial charge on any atom is 0.226 e. The molecule has 0 unspecified atom stereocenters. The lowest BCUT2D eigenvalue weighted by Gasteiger charge is -2.07. The SMILES string of the molecule is Cn1nc2c(c1NC(=O)CCS(C)(=O)=O)CSC2. The molecule has 6 nitrogen and oxygen atoms in total. The fourth-order valence-corrected chi connectivity index (χ4v) is 3.36. The van der Waals surface area contributed by atoms with Gasteiger partial charge in [-0.3, -0.25) is 9.48 Å². The highest BCUT2D eigenvalue weighted by molar-refractivity contribution is 7.98. The number of hydrogen-bond acceptors (Lipinski definition) is 5. The van der Waals surface area contributed by atoms with Gasteiger partial charge in [0.05, 0.1) is 11.4 Å².